The first-order chi connectivity index (χ1) is 26.8. The number of hydrogen-bond acceptors (Lipinski definition) is 15. The fourth-order valence-corrected chi connectivity index (χ4v) is 9.81. The van der Waals surface area contributed by atoms with Gasteiger partial charge in [-0.25, -0.2) is 18.4 Å². The van der Waals surface area contributed by atoms with Crippen LogP contribution in [0.4, 0.5) is 13.6 Å². The SMILES string of the molecule is Cc1cc(C(=O)OCCOCCOCCO[N+](=O)[O-])ccc1OC(=O)OCC(=O)[C@@]12OC(C)(C)O[C@@H]1CC1C3C[C@H](F)C4=CC(=O)C=C[C@]4(C)[C@@]3(F)[C@@H](O)C[C@@]12C. The number of aryl methyl sites for hydroxylation is 1. The third-order valence-corrected chi connectivity index (χ3v) is 12.2. The minimum Gasteiger partial charge on any atom is -0.460 e. The van der Waals surface area contributed by atoms with E-state index in [0.29, 0.717) is 5.56 Å². The molecule has 0 radical (unpaired) electrons. The highest BCUT2D eigenvalue weighted by atomic mass is 19.1. The van der Waals surface area contributed by atoms with Crippen LogP contribution in [0.25, 0.3) is 0 Å². The number of Topliss-reactive ketones (excluding diaryl/α,β-unsaturated/α-hetero) is 1. The Morgan fingerprint density at radius 1 is 1.00 bits per heavy atom. The molecule has 312 valence electrons. The first-order valence-electron chi connectivity index (χ1n) is 18.7. The fraction of sp³-hybridized carbons (Fsp3) is 0.641. The molecule has 1 heterocycles. The number of ether oxygens (including phenoxy) is 7. The largest absolute Gasteiger partial charge is 0.514 e. The zero-order valence-corrected chi connectivity index (χ0v) is 32.3. The van der Waals surface area contributed by atoms with Gasteiger partial charge < -0.3 is 43.1 Å². The molecule has 0 amide bonds. The predicted octanol–water partition coefficient (Wildman–Crippen LogP) is 4.30. The Morgan fingerprint density at radius 2 is 1.68 bits per heavy atom. The molecule has 9 atom stereocenters. The minimum atomic E-state index is -2.38. The molecule has 1 aliphatic heterocycles. The third kappa shape index (κ3) is 7.46. The second-order valence-electron chi connectivity index (χ2n) is 15.9. The summed E-state index contributed by atoms with van der Waals surface area (Å²) in [7, 11) is 0. The van der Waals surface area contributed by atoms with Crippen LogP contribution in [0.2, 0.25) is 0 Å². The van der Waals surface area contributed by atoms with Gasteiger partial charge in [0.2, 0.25) is 5.78 Å². The molecule has 57 heavy (non-hydrogen) atoms. The standard InChI is InChI=1S/C39H47F2NO15/c1-22-16-23(33(46)52-14-12-50-10-11-51-13-15-54-42(48)49)6-7-29(22)55-34(47)53-21-31(45)39-32(56-35(2,3)57-39)19-25-26-18-28(40)27-17-24(43)8-9-36(27,4)38(26,41)30(44)20-37(25,39)5/h6-9,16-17,25-26,28,30,32,44H,10-15,18-21H2,1-5H3/t25?,26?,28-,30-,32+,36-,37-,38-,39+/m0/s1. The second kappa shape index (κ2) is 15.8. The van der Waals surface area contributed by atoms with E-state index in [0.717, 1.165) is 6.08 Å². The number of ketones is 2. The zero-order valence-electron chi connectivity index (χ0n) is 32.3. The summed E-state index contributed by atoms with van der Waals surface area (Å²) in [6, 6.07) is 4.15. The van der Waals surface area contributed by atoms with Crippen molar-refractivity contribution in [3.63, 3.8) is 0 Å². The van der Waals surface area contributed by atoms with E-state index in [2.05, 4.69) is 4.84 Å². The Balaban J connectivity index is 1.07. The number of esters is 1. The van der Waals surface area contributed by atoms with E-state index >= 15 is 8.78 Å². The van der Waals surface area contributed by atoms with E-state index in [4.69, 9.17) is 33.2 Å². The molecule has 2 unspecified atom stereocenters. The van der Waals surface area contributed by atoms with Gasteiger partial charge in [0.25, 0.3) is 5.09 Å². The van der Waals surface area contributed by atoms with Gasteiger partial charge in [-0.1, -0.05) is 13.0 Å². The first-order valence-corrected chi connectivity index (χ1v) is 18.7. The van der Waals surface area contributed by atoms with Crippen LogP contribution in [0.15, 0.2) is 42.0 Å². The average Bonchev–Trinajstić information content (AvgIpc) is 3.55. The average molecular weight is 808 g/mol. The van der Waals surface area contributed by atoms with Crippen LogP contribution in [0.5, 0.6) is 5.75 Å². The van der Waals surface area contributed by atoms with E-state index in [-0.39, 0.29) is 75.8 Å². The highest BCUT2D eigenvalue weighted by molar-refractivity contribution is 6.01. The van der Waals surface area contributed by atoms with Crippen LogP contribution in [-0.2, 0) is 42.8 Å². The number of hydrogen-bond donors (Lipinski definition) is 1. The van der Waals surface area contributed by atoms with Gasteiger partial charge in [0.05, 0.1) is 44.2 Å². The van der Waals surface area contributed by atoms with E-state index in [1.807, 2.05) is 0 Å². The Bertz CT molecular complexity index is 1850. The summed E-state index contributed by atoms with van der Waals surface area (Å²) in [5.74, 6) is -4.86. The van der Waals surface area contributed by atoms with Crippen molar-refractivity contribution in [3.8, 4) is 5.75 Å². The number of aliphatic hydroxyl groups excluding tert-OH is 1. The highest BCUT2D eigenvalue weighted by Crippen LogP contribution is 2.72. The second-order valence-corrected chi connectivity index (χ2v) is 15.9. The molecule has 4 aliphatic carbocycles. The predicted molar refractivity (Wildman–Crippen MR) is 190 cm³/mol. The number of carbonyl (C=O) groups excluding carboxylic acids is 4. The minimum absolute atomic E-state index is 0.0148. The van der Waals surface area contributed by atoms with Crippen LogP contribution in [0.1, 0.15) is 62.9 Å². The Hall–Kier alpha value is -4.36. The van der Waals surface area contributed by atoms with Crippen LogP contribution < -0.4 is 4.74 Å². The molecule has 0 spiro atoms. The summed E-state index contributed by atoms with van der Waals surface area (Å²) >= 11 is 0. The number of allylic oxidation sites excluding steroid dienone is 4. The van der Waals surface area contributed by atoms with Gasteiger partial charge in [-0.15, -0.1) is 10.1 Å². The van der Waals surface area contributed by atoms with Crippen LogP contribution in [0, 0.1) is 39.7 Å². The van der Waals surface area contributed by atoms with E-state index in [9.17, 15) is 34.4 Å². The fourth-order valence-electron chi connectivity index (χ4n) is 9.81. The molecule has 16 nitrogen and oxygen atoms in total. The van der Waals surface area contributed by atoms with Crippen LogP contribution >= 0.6 is 0 Å². The highest BCUT2D eigenvalue weighted by Gasteiger charge is 2.80. The molecule has 1 saturated heterocycles. The third-order valence-electron chi connectivity index (χ3n) is 12.2. The summed E-state index contributed by atoms with van der Waals surface area (Å²) in [6.07, 6.45) is -2.39. The lowest BCUT2D eigenvalue weighted by atomic mass is 9.44. The van der Waals surface area contributed by atoms with Gasteiger partial charge in [0.15, 0.2) is 29.4 Å². The van der Waals surface area contributed by atoms with Gasteiger partial charge in [-0.3, -0.25) is 9.59 Å². The number of halogens is 2. The molecule has 1 aromatic carbocycles. The Kier molecular flexibility index (Phi) is 11.7. The molecule has 0 aromatic heterocycles. The monoisotopic (exact) mass is 807 g/mol. The molecular weight excluding hydrogens is 760 g/mol. The van der Waals surface area contributed by atoms with E-state index < -0.39 is 93.5 Å². The topological polar surface area (TPSA) is 205 Å². The van der Waals surface area contributed by atoms with Gasteiger partial charge >= 0.3 is 12.1 Å². The molecule has 1 N–H and O–H groups in total. The van der Waals surface area contributed by atoms with Crippen LogP contribution in [0.3, 0.4) is 0 Å². The molecule has 0 bridgehead atoms. The molecule has 3 saturated carbocycles. The maximum absolute atomic E-state index is 17.7. The number of aliphatic hydroxyl groups is 1. The molecule has 6 rings (SSSR count). The number of alkyl halides is 2. The number of fused-ring (bicyclic) bond motifs is 7. The van der Waals surface area contributed by atoms with Crippen molar-refractivity contribution >= 4 is 23.7 Å². The van der Waals surface area contributed by atoms with Crippen molar-refractivity contribution in [1.82, 2.24) is 0 Å². The molecule has 1 aromatic rings. The number of rotatable bonds is 15. The Morgan fingerprint density at radius 3 is 2.37 bits per heavy atom. The summed E-state index contributed by atoms with van der Waals surface area (Å²) in [5, 5.41) is 20.9. The molecule has 4 fully saturated rings. The molecule has 5 aliphatic rings. The van der Waals surface area contributed by atoms with Crippen molar-refractivity contribution in [2.75, 3.05) is 46.2 Å². The normalized spacial score (nSPS) is 34.6. The quantitative estimate of drug-likeness (QED) is 0.0863. The van der Waals surface area contributed by atoms with E-state index in [1.165, 1.54) is 37.3 Å². The van der Waals surface area contributed by atoms with Gasteiger partial charge in [-0.05, 0) is 94.4 Å². The lowest BCUT2D eigenvalue weighted by Gasteiger charge is -2.63. The van der Waals surface area contributed by atoms with Gasteiger partial charge in [-0.2, -0.15) is 0 Å². The lowest BCUT2D eigenvalue weighted by molar-refractivity contribution is -0.758. The summed E-state index contributed by atoms with van der Waals surface area (Å²) < 4.78 is 72.5. The van der Waals surface area contributed by atoms with Crippen molar-refractivity contribution in [2.24, 2.45) is 22.7 Å². The lowest BCUT2D eigenvalue weighted by Crippen LogP contribution is -2.71. The van der Waals surface area contributed by atoms with Crippen LogP contribution in [-0.4, -0.2) is 116 Å². The molecule has 18 heteroatoms. The van der Waals surface area contributed by atoms with Gasteiger partial charge in [0.1, 0.15) is 25.1 Å². The van der Waals surface area contributed by atoms with Crippen molar-refractivity contribution in [2.45, 2.75) is 89.3 Å². The maximum atomic E-state index is 17.7. The Labute approximate surface area is 326 Å². The molecular formula is C39H47F2NO15. The van der Waals surface area contributed by atoms with Crippen molar-refractivity contribution in [1.29, 1.82) is 0 Å². The van der Waals surface area contributed by atoms with Crippen molar-refractivity contribution < 1.29 is 76.1 Å². The summed E-state index contributed by atoms with van der Waals surface area (Å²) in [5.41, 5.74) is -6.58. The zero-order chi connectivity index (χ0) is 41.6. The van der Waals surface area contributed by atoms with Crippen molar-refractivity contribution in [3.05, 3.63) is 63.2 Å². The maximum Gasteiger partial charge on any atom is 0.514 e. The summed E-state index contributed by atoms with van der Waals surface area (Å²) in [4.78, 5) is 66.2. The van der Waals surface area contributed by atoms with E-state index in [1.54, 1.807) is 27.7 Å². The van der Waals surface area contributed by atoms with Gasteiger partial charge in [0, 0.05) is 16.7 Å². The smallest absolute Gasteiger partial charge is 0.460 e. The first kappa shape index (κ1) is 42.3. The number of carbonyl (C=O) groups is 4. The summed E-state index contributed by atoms with van der Waals surface area (Å²) in [6.45, 7) is 7.29. The number of nitrogens with zero attached hydrogens (tertiary/aromatic N) is 1. The number of benzene rings is 1.